The molecule has 2 aromatic carbocycles. The molecule has 0 saturated carbocycles. The summed E-state index contributed by atoms with van der Waals surface area (Å²) in [7, 11) is 1.67. The molecule has 29 heavy (non-hydrogen) atoms. The molecule has 0 aliphatic rings. The number of aromatic hydroxyl groups is 1. The highest BCUT2D eigenvalue weighted by molar-refractivity contribution is 5.52. The highest BCUT2D eigenvalue weighted by Gasteiger charge is 2.29. The number of nitrogens with zero attached hydrogens (tertiary/aromatic N) is 2. The quantitative estimate of drug-likeness (QED) is 0.608. The van der Waals surface area contributed by atoms with Crippen LogP contribution in [-0.4, -0.2) is 21.8 Å². The van der Waals surface area contributed by atoms with E-state index in [1.807, 2.05) is 24.7 Å². The molecule has 1 unspecified atom stereocenters. The molecule has 1 aromatic heterocycles. The summed E-state index contributed by atoms with van der Waals surface area (Å²) in [5.41, 5.74) is 3.81. The summed E-state index contributed by atoms with van der Waals surface area (Å²) in [5.74, 6) is 1.22. The second-order valence-electron chi connectivity index (χ2n) is 9.65. The third kappa shape index (κ3) is 4.31. The standard InChI is InChI=1S/C25H32N2O2/c1-24(2,3)20-14-18(15-21(23(20)28)25(4,5)6)22(27-13-12-26-16-27)17-8-10-19(29-7)11-9-17/h8-16,22,28H,1-7H3. The highest BCUT2D eigenvalue weighted by atomic mass is 16.5. The Hall–Kier alpha value is -2.75. The first-order valence-corrected chi connectivity index (χ1v) is 10.0. The second-order valence-corrected chi connectivity index (χ2v) is 9.65. The molecular formula is C25H32N2O2. The van der Waals surface area contributed by atoms with E-state index in [4.69, 9.17) is 4.74 Å². The molecule has 0 radical (unpaired) electrons. The minimum atomic E-state index is -0.181. The number of ether oxygens (including phenoxy) is 1. The Balaban J connectivity index is 2.27. The van der Waals surface area contributed by atoms with Crippen LogP contribution < -0.4 is 4.74 Å². The topological polar surface area (TPSA) is 47.3 Å². The van der Waals surface area contributed by atoms with Crippen LogP contribution in [0.4, 0.5) is 0 Å². The number of phenolic OH excluding ortho intramolecular Hbond substituents is 1. The molecular weight excluding hydrogens is 360 g/mol. The monoisotopic (exact) mass is 392 g/mol. The molecule has 0 fully saturated rings. The molecule has 3 rings (SSSR count). The van der Waals surface area contributed by atoms with Crippen molar-refractivity contribution in [1.29, 1.82) is 0 Å². The lowest BCUT2D eigenvalue weighted by atomic mass is 9.77. The average Bonchev–Trinajstić information content (AvgIpc) is 3.16. The number of hydrogen-bond donors (Lipinski definition) is 1. The van der Waals surface area contributed by atoms with E-state index in [-0.39, 0.29) is 16.9 Å². The molecule has 0 bridgehead atoms. The van der Waals surface area contributed by atoms with Gasteiger partial charge in [-0.3, -0.25) is 0 Å². The minimum Gasteiger partial charge on any atom is -0.507 e. The Labute approximate surface area is 174 Å². The molecule has 0 amide bonds. The molecule has 0 spiro atoms. The van der Waals surface area contributed by atoms with Crippen molar-refractivity contribution < 1.29 is 9.84 Å². The van der Waals surface area contributed by atoms with Crippen LogP contribution in [-0.2, 0) is 10.8 Å². The fourth-order valence-corrected chi connectivity index (χ4v) is 3.70. The summed E-state index contributed by atoms with van der Waals surface area (Å²) < 4.78 is 7.44. The fourth-order valence-electron chi connectivity index (χ4n) is 3.70. The molecule has 4 nitrogen and oxygen atoms in total. The van der Waals surface area contributed by atoms with Gasteiger partial charge < -0.3 is 14.4 Å². The van der Waals surface area contributed by atoms with Gasteiger partial charge in [-0.25, -0.2) is 4.98 Å². The number of rotatable bonds is 4. The lowest BCUT2D eigenvalue weighted by Gasteiger charge is -2.30. The first-order chi connectivity index (χ1) is 13.5. The maximum absolute atomic E-state index is 11.1. The van der Waals surface area contributed by atoms with Crippen LogP contribution in [0.3, 0.4) is 0 Å². The van der Waals surface area contributed by atoms with Gasteiger partial charge in [-0.05, 0) is 57.3 Å². The summed E-state index contributed by atoms with van der Waals surface area (Å²) >= 11 is 0. The minimum absolute atomic E-state index is 0.0498. The zero-order chi connectivity index (χ0) is 21.4. The van der Waals surface area contributed by atoms with E-state index < -0.39 is 0 Å². The van der Waals surface area contributed by atoms with E-state index >= 15 is 0 Å². The molecule has 3 aromatic rings. The molecule has 1 heterocycles. The average molecular weight is 393 g/mol. The van der Waals surface area contributed by atoms with Crippen LogP contribution in [0, 0.1) is 0 Å². The third-order valence-corrected chi connectivity index (χ3v) is 5.32. The van der Waals surface area contributed by atoms with Gasteiger partial charge in [0.1, 0.15) is 11.5 Å². The molecule has 154 valence electrons. The van der Waals surface area contributed by atoms with Crippen LogP contribution in [0.1, 0.15) is 69.8 Å². The van der Waals surface area contributed by atoms with Gasteiger partial charge >= 0.3 is 0 Å². The Bertz CT molecular complexity index is 925. The summed E-state index contributed by atoms with van der Waals surface area (Å²) in [5, 5.41) is 11.1. The number of aromatic nitrogens is 2. The normalized spacial score (nSPS) is 13.3. The Morgan fingerprint density at radius 3 is 1.86 bits per heavy atom. The molecule has 1 atom stereocenters. The van der Waals surface area contributed by atoms with Gasteiger partial charge in [-0.2, -0.15) is 0 Å². The molecule has 0 saturated heterocycles. The number of methoxy groups -OCH3 is 1. The van der Waals surface area contributed by atoms with E-state index in [0.29, 0.717) is 5.75 Å². The van der Waals surface area contributed by atoms with Crippen LogP contribution >= 0.6 is 0 Å². The smallest absolute Gasteiger partial charge is 0.123 e. The van der Waals surface area contributed by atoms with Crippen LogP contribution in [0.2, 0.25) is 0 Å². The van der Waals surface area contributed by atoms with Crippen molar-refractivity contribution in [2.45, 2.75) is 58.4 Å². The Kier molecular flexibility index (Phi) is 5.48. The van der Waals surface area contributed by atoms with Gasteiger partial charge in [-0.1, -0.05) is 53.7 Å². The van der Waals surface area contributed by atoms with Crippen molar-refractivity contribution in [2.24, 2.45) is 0 Å². The predicted molar refractivity (Wildman–Crippen MR) is 118 cm³/mol. The van der Waals surface area contributed by atoms with E-state index in [9.17, 15) is 5.11 Å². The van der Waals surface area contributed by atoms with Gasteiger partial charge in [-0.15, -0.1) is 0 Å². The predicted octanol–water partition coefficient (Wildman–Crippen LogP) is 5.83. The number of hydrogen-bond acceptors (Lipinski definition) is 3. The molecule has 4 heteroatoms. The van der Waals surface area contributed by atoms with Crippen LogP contribution in [0.15, 0.2) is 55.1 Å². The van der Waals surface area contributed by atoms with Gasteiger partial charge in [0.15, 0.2) is 0 Å². The van der Waals surface area contributed by atoms with E-state index in [1.165, 1.54) is 0 Å². The van der Waals surface area contributed by atoms with E-state index in [0.717, 1.165) is 28.0 Å². The van der Waals surface area contributed by atoms with E-state index in [1.54, 1.807) is 13.3 Å². The Morgan fingerprint density at radius 2 is 1.45 bits per heavy atom. The highest BCUT2D eigenvalue weighted by Crippen LogP contribution is 2.42. The lowest BCUT2D eigenvalue weighted by Crippen LogP contribution is -2.20. The molecule has 0 aliphatic carbocycles. The summed E-state index contributed by atoms with van der Waals surface area (Å²) in [4.78, 5) is 4.28. The first kappa shape index (κ1) is 21.0. The van der Waals surface area contributed by atoms with Crippen molar-refractivity contribution >= 4 is 0 Å². The first-order valence-electron chi connectivity index (χ1n) is 10.0. The SMILES string of the molecule is COc1ccc(C(c2cc(C(C)(C)C)c(O)c(C(C)(C)C)c2)n2ccnc2)cc1. The van der Waals surface area contributed by atoms with Crippen molar-refractivity contribution in [2.75, 3.05) is 7.11 Å². The molecule has 0 aliphatic heterocycles. The molecule has 1 N–H and O–H groups in total. The maximum atomic E-state index is 11.1. The Morgan fingerprint density at radius 1 is 0.897 bits per heavy atom. The largest absolute Gasteiger partial charge is 0.507 e. The van der Waals surface area contributed by atoms with Crippen LogP contribution in [0.25, 0.3) is 0 Å². The number of phenols is 1. The van der Waals surface area contributed by atoms with Crippen molar-refractivity contribution in [3.8, 4) is 11.5 Å². The fraction of sp³-hybridized carbons (Fsp3) is 0.400. The van der Waals surface area contributed by atoms with E-state index in [2.05, 4.69) is 75.4 Å². The van der Waals surface area contributed by atoms with Gasteiger partial charge in [0.2, 0.25) is 0 Å². The van der Waals surface area contributed by atoms with Crippen molar-refractivity contribution in [3.05, 3.63) is 77.4 Å². The second kappa shape index (κ2) is 7.58. The zero-order valence-electron chi connectivity index (χ0n) is 18.5. The van der Waals surface area contributed by atoms with Crippen molar-refractivity contribution in [3.63, 3.8) is 0 Å². The summed E-state index contributed by atoms with van der Waals surface area (Å²) in [6.45, 7) is 12.8. The third-order valence-electron chi connectivity index (χ3n) is 5.32. The van der Waals surface area contributed by atoms with Gasteiger partial charge in [0.25, 0.3) is 0 Å². The van der Waals surface area contributed by atoms with Crippen LogP contribution in [0.5, 0.6) is 11.5 Å². The number of imidazole rings is 1. The van der Waals surface area contributed by atoms with Crippen molar-refractivity contribution in [1.82, 2.24) is 9.55 Å². The zero-order valence-corrected chi connectivity index (χ0v) is 18.5. The number of benzene rings is 2. The summed E-state index contributed by atoms with van der Waals surface area (Å²) in [6.07, 6.45) is 5.62. The van der Waals surface area contributed by atoms with Gasteiger partial charge in [0.05, 0.1) is 19.5 Å². The van der Waals surface area contributed by atoms with Gasteiger partial charge in [0, 0.05) is 12.4 Å². The summed E-state index contributed by atoms with van der Waals surface area (Å²) in [6, 6.07) is 12.4. The maximum Gasteiger partial charge on any atom is 0.123 e. The lowest BCUT2D eigenvalue weighted by molar-refractivity contribution is 0.414.